The molecule has 3 N–H and O–H groups in total. The summed E-state index contributed by atoms with van der Waals surface area (Å²) in [5.41, 5.74) is 6.68. The molecule has 0 amide bonds. The Kier molecular flexibility index (Phi) is 7.62. The molecule has 0 heterocycles. The molecule has 0 aromatic heterocycles. The number of nitrogen functional groups attached to an aromatic ring is 1. The number of halogens is 2. The van der Waals surface area contributed by atoms with Crippen molar-refractivity contribution in [3.05, 3.63) is 94.9 Å². The summed E-state index contributed by atoms with van der Waals surface area (Å²) >= 11 is 0.783. The van der Waals surface area contributed by atoms with Crippen molar-refractivity contribution in [2.24, 2.45) is 0 Å². The number of para-hydroxylation sites is 1. The van der Waals surface area contributed by atoms with Crippen molar-refractivity contribution in [3.63, 3.8) is 0 Å². The van der Waals surface area contributed by atoms with E-state index in [0.29, 0.717) is 22.2 Å². The molecule has 0 fully saturated rings. The van der Waals surface area contributed by atoms with Crippen LogP contribution in [-0.2, 0) is 21.0 Å². The Bertz CT molecular complexity index is 1130. The van der Waals surface area contributed by atoms with Crippen molar-refractivity contribution >= 4 is 35.0 Å². The van der Waals surface area contributed by atoms with Crippen LogP contribution in [0.1, 0.15) is 5.56 Å². The number of rotatable bonds is 9. The Labute approximate surface area is 186 Å². The third-order valence-corrected chi connectivity index (χ3v) is 5.39. The number of hydrogen-bond acceptors (Lipinski definition) is 6. The zero-order valence-electron chi connectivity index (χ0n) is 16.6. The summed E-state index contributed by atoms with van der Waals surface area (Å²) in [7, 11) is 0. The maximum Gasteiger partial charge on any atom is 0.334 e. The number of anilines is 2. The minimum atomic E-state index is -1.75. The lowest BCUT2D eigenvalue weighted by atomic mass is 10.2. The average molecular weight is 456 g/mol. The fourth-order valence-corrected chi connectivity index (χ4v) is 3.75. The van der Waals surface area contributed by atoms with E-state index in [1.807, 2.05) is 0 Å². The van der Waals surface area contributed by atoms with Crippen LogP contribution in [0.3, 0.4) is 0 Å². The predicted octanol–water partition coefficient (Wildman–Crippen LogP) is 4.45. The number of carboxylic acids is 1. The van der Waals surface area contributed by atoms with Crippen molar-refractivity contribution in [3.8, 4) is 0 Å². The van der Waals surface area contributed by atoms with Gasteiger partial charge in [-0.15, -0.1) is 0 Å². The van der Waals surface area contributed by atoms with E-state index in [1.165, 1.54) is 0 Å². The van der Waals surface area contributed by atoms with E-state index in [9.17, 15) is 23.5 Å². The van der Waals surface area contributed by atoms with E-state index < -0.39 is 23.6 Å². The minimum absolute atomic E-state index is 0.118. The van der Waals surface area contributed by atoms with Crippen molar-refractivity contribution in [2.45, 2.75) is 17.5 Å². The van der Waals surface area contributed by atoms with Crippen LogP contribution >= 0.6 is 11.8 Å². The summed E-state index contributed by atoms with van der Waals surface area (Å²) < 4.78 is 27.8. The Morgan fingerprint density at radius 1 is 1.06 bits per heavy atom. The smallest absolute Gasteiger partial charge is 0.334 e. The van der Waals surface area contributed by atoms with Crippen LogP contribution in [0.5, 0.6) is 0 Å². The van der Waals surface area contributed by atoms with Gasteiger partial charge in [-0.05, 0) is 29.8 Å². The van der Waals surface area contributed by atoms with Crippen LogP contribution in [0.15, 0.2) is 82.6 Å². The number of carboxylic acid groups (broad SMARTS) is 1. The van der Waals surface area contributed by atoms with Gasteiger partial charge < -0.3 is 10.8 Å². The van der Waals surface area contributed by atoms with Gasteiger partial charge in [0.25, 0.3) is 0 Å². The zero-order chi connectivity index (χ0) is 23.1. The summed E-state index contributed by atoms with van der Waals surface area (Å²) in [6.07, 6.45) is 0. The number of nitrogens with zero attached hydrogens (tertiary/aromatic N) is 1. The number of hydroxylamine groups is 1. The monoisotopic (exact) mass is 456 g/mol. The summed E-state index contributed by atoms with van der Waals surface area (Å²) in [4.78, 5) is 29.8. The second-order valence-electron chi connectivity index (χ2n) is 6.56. The van der Waals surface area contributed by atoms with Crippen molar-refractivity contribution < 1.29 is 28.3 Å². The molecule has 3 aromatic carbocycles. The molecular weight excluding hydrogens is 438 g/mol. The molecule has 0 aliphatic heterocycles. The highest BCUT2D eigenvalue weighted by atomic mass is 32.2. The lowest BCUT2D eigenvalue weighted by molar-refractivity contribution is -0.139. The highest BCUT2D eigenvalue weighted by Gasteiger charge is 2.34. The second kappa shape index (κ2) is 10.6. The molecule has 3 aromatic rings. The summed E-state index contributed by atoms with van der Waals surface area (Å²) in [6, 6.07) is 16.0. The second-order valence-corrected chi connectivity index (χ2v) is 7.64. The number of carbonyl (C=O) groups is 1. The molecule has 0 saturated carbocycles. The summed E-state index contributed by atoms with van der Waals surface area (Å²) in [6.45, 7) is -0.118. The van der Waals surface area contributed by atoms with Gasteiger partial charge in [0.1, 0.15) is 22.5 Å². The number of thioether (sulfide) groups is 1. The SMILES string of the molecule is Nc1ccccc1SC(=C=O)C(C(=O)O)N(OCc1ccccc1)c1cc(F)cc(F)c1. The van der Waals surface area contributed by atoms with E-state index in [4.69, 9.17) is 10.6 Å². The maximum atomic E-state index is 13.9. The van der Waals surface area contributed by atoms with E-state index in [-0.39, 0.29) is 17.2 Å². The lowest BCUT2D eigenvalue weighted by Gasteiger charge is -2.30. The molecule has 0 aliphatic carbocycles. The number of carbonyl (C=O) groups excluding carboxylic acids is 1. The topological polar surface area (TPSA) is 92.9 Å². The summed E-state index contributed by atoms with van der Waals surface area (Å²) in [5.74, 6) is -1.73. The number of aliphatic carboxylic acids is 1. The molecule has 1 unspecified atom stereocenters. The van der Waals surface area contributed by atoms with Crippen molar-refractivity contribution in [2.75, 3.05) is 10.8 Å². The van der Waals surface area contributed by atoms with Gasteiger partial charge in [-0.2, -0.15) is 0 Å². The van der Waals surface area contributed by atoms with Gasteiger partial charge in [0, 0.05) is 16.6 Å². The van der Waals surface area contributed by atoms with Crippen molar-refractivity contribution in [1.82, 2.24) is 0 Å². The first-order chi connectivity index (χ1) is 15.4. The standard InChI is InChI=1S/C23H18F2N2O4S/c24-16-10-17(25)12-18(11-16)27(31-14-15-6-2-1-3-7-15)22(23(29)30)21(13-28)32-20-9-5-4-8-19(20)26/h1-12,22H,14,26H2,(H,29,30). The molecule has 164 valence electrons. The molecule has 0 spiro atoms. The van der Waals surface area contributed by atoms with Crippen LogP contribution in [0.4, 0.5) is 20.2 Å². The Morgan fingerprint density at radius 2 is 1.69 bits per heavy atom. The largest absolute Gasteiger partial charge is 0.479 e. The molecule has 0 bridgehead atoms. The Balaban J connectivity index is 2.02. The van der Waals surface area contributed by atoms with E-state index in [2.05, 4.69) is 0 Å². The molecule has 32 heavy (non-hydrogen) atoms. The van der Waals surface area contributed by atoms with Crippen LogP contribution in [0.25, 0.3) is 0 Å². The van der Waals surface area contributed by atoms with Crippen LogP contribution in [-0.4, -0.2) is 23.1 Å². The maximum absolute atomic E-state index is 13.9. The normalized spacial score (nSPS) is 11.4. The fourth-order valence-electron chi connectivity index (χ4n) is 2.83. The first-order valence-corrected chi connectivity index (χ1v) is 10.1. The fraction of sp³-hybridized carbons (Fsp3) is 0.0870. The van der Waals surface area contributed by atoms with E-state index >= 15 is 0 Å². The molecule has 6 nitrogen and oxygen atoms in total. The van der Waals surface area contributed by atoms with Crippen LogP contribution in [0.2, 0.25) is 0 Å². The van der Waals surface area contributed by atoms with E-state index in [0.717, 1.165) is 29.0 Å². The van der Waals surface area contributed by atoms with Crippen LogP contribution in [0, 0.1) is 11.6 Å². The highest BCUT2D eigenvalue weighted by molar-refractivity contribution is 8.03. The molecule has 1 atom stereocenters. The predicted molar refractivity (Wildman–Crippen MR) is 117 cm³/mol. The zero-order valence-corrected chi connectivity index (χ0v) is 17.4. The van der Waals surface area contributed by atoms with Gasteiger partial charge in [-0.3, -0.25) is 4.84 Å². The van der Waals surface area contributed by atoms with Gasteiger partial charge in [0.05, 0.1) is 12.3 Å². The third kappa shape index (κ3) is 5.73. The highest BCUT2D eigenvalue weighted by Crippen LogP contribution is 2.35. The molecule has 3 rings (SSSR count). The van der Waals surface area contributed by atoms with Gasteiger partial charge in [-0.1, -0.05) is 54.2 Å². The molecule has 9 heteroatoms. The first kappa shape index (κ1) is 23.0. The Hall–Kier alpha value is -3.65. The Morgan fingerprint density at radius 3 is 2.28 bits per heavy atom. The van der Waals surface area contributed by atoms with Crippen LogP contribution < -0.4 is 10.8 Å². The van der Waals surface area contributed by atoms with E-state index in [1.54, 1.807) is 60.5 Å². The van der Waals surface area contributed by atoms with Gasteiger partial charge in [0.2, 0.25) is 0 Å². The van der Waals surface area contributed by atoms with Gasteiger partial charge in [-0.25, -0.2) is 23.4 Å². The lowest BCUT2D eigenvalue weighted by Crippen LogP contribution is -2.42. The quantitative estimate of drug-likeness (QED) is 0.213. The molecular formula is C23H18F2N2O4S. The average Bonchev–Trinajstić information content (AvgIpc) is 2.76. The number of benzene rings is 3. The minimum Gasteiger partial charge on any atom is -0.479 e. The number of hydrogen-bond donors (Lipinski definition) is 2. The summed E-state index contributed by atoms with van der Waals surface area (Å²) in [5, 5.41) is 10.7. The van der Waals surface area contributed by atoms with Gasteiger partial charge in [0.15, 0.2) is 6.04 Å². The molecule has 0 saturated heterocycles. The molecule has 0 aliphatic rings. The number of nitrogens with two attached hydrogens (primary N) is 1. The first-order valence-electron chi connectivity index (χ1n) is 9.31. The molecule has 0 radical (unpaired) electrons. The van der Waals surface area contributed by atoms with Gasteiger partial charge >= 0.3 is 5.97 Å². The third-order valence-electron chi connectivity index (χ3n) is 4.27. The van der Waals surface area contributed by atoms with Crippen molar-refractivity contribution in [1.29, 1.82) is 0 Å².